The fourth-order valence-electron chi connectivity index (χ4n) is 3.40. The fraction of sp³-hybridized carbons (Fsp3) is 0.217. The first kappa shape index (κ1) is 20.9. The summed E-state index contributed by atoms with van der Waals surface area (Å²) in [5.74, 6) is -0.0935. The Kier molecular flexibility index (Phi) is 6.23. The Morgan fingerprint density at radius 3 is 2.32 bits per heavy atom. The van der Waals surface area contributed by atoms with Gasteiger partial charge in [0.05, 0.1) is 16.8 Å². The highest BCUT2D eigenvalue weighted by Gasteiger charge is 2.29. The minimum atomic E-state index is -0.498. The Balaban J connectivity index is 1.36. The largest absolute Gasteiger partial charge is 0.489 e. The van der Waals surface area contributed by atoms with Crippen LogP contribution < -0.4 is 4.74 Å². The third-order valence-corrected chi connectivity index (χ3v) is 5.41. The van der Waals surface area contributed by atoms with E-state index in [-0.39, 0.29) is 34.8 Å². The molecule has 0 atom stereocenters. The topological polar surface area (TPSA) is 63.0 Å². The van der Waals surface area contributed by atoms with Crippen LogP contribution in [0.15, 0.2) is 65.3 Å². The molecule has 0 N–H and O–H groups in total. The molecule has 2 amide bonds. The van der Waals surface area contributed by atoms with Gasteiger partial charge in [-0.15, -0.1) is 0 Å². The highest BCUT2D eigenvalue weighted by Crippen LogP contribution is 2.21. The smallest absolute Gasteiger partial charge is 0.290 e. The lowest BCUT2D eigenvalue weighted by Crippen LogP contribution is -2.50. The van der Waals surface area contributed by atoms with Crippen LogP contribution in [-0.2, 0) is 6.61 Å². The number of nitrogens with zero attached hydrogens (tertiary/aromatic N) is 2. The van der Waals surface area contributed by atoms with E-state index in [0.717, 1.165) is 6.07 Å². The summed E-state index contributed by atoms with van der Waals surface area (Å²) < 4.78 is 24.4. The van der Waals surface area contributed by atoms with Crippen LogP contribution in [0.2, 0.25) is 5.02 Å². The van der Waals surface area contributed by atoms with Crippen molar-refractivity contribution in [3.8, 4) is 5.75 Å². The van der Waals surface area contributed by atoms with E-state index < -0.39 is 5.82 Å². The maximum atomic E-state index is 13.2. The average Bonchev–Trinajstić information content (AvgIpc) is 3.26. The molecule has 6 nitrogen and oxygen atoms in total. The van der Waals surface area contributed by atoms with E-state index >= 15 is 0 Å². The van der Waals surface area contributed by atoms with Gasteiger partial charge in [-0.1, -0.05) is 29.8 Å². The molecule has 0 bridgehead atoms. The third kappa shape index (κ3) is 4.72. The first-order valence-electron chi connectivity index (χ1n) is 9.81. The molecule has 1 aromatic heterocycles. The summed E-state index contributed by atoms with van der Waals surface area (Å²) in [4.78, 5) is 28.9. The van der Waals surface area contributed by atoms with E-state index in [0.29, 0.717) is 37.5 Å². The van der Waals surface area contributed by atoms with E-state index in [2.05, 4.69) is 0 Å². The van der Waals surface area contributed by atoms with Crippen molar-refractivity contribution < 1.29 is 23.1 Å². The molecule has 1 fully saturated rings. The van der Waals surface area contributed by atoms with Crippen LogP contribution >= 0.6 is 11.6 Å². The van der Waals surface area contributed by atoms with Crippen molar-refractivity contribution in [2.75, 3.05) is 26.2 Å². The number of ether oxygens (including phenoxy) is 1. The summed E-state index contributed by atoms with van der Waals surface area (Å²) in [5, 5.41) is 0.0714. The third-order valence-electron chi connectivity index (χ3n) is 5.09. The average molecular weight is 443 g/mol. The molecular formula is C23H20ClFN2O4. The molecule has 0 saturated carbocycles. The van der Waals surface area contributed by atoms with Gasteiger partial charge in [-0.3, -0.25) is 9.59 Å². The second-order valence-electron chi connectivity index (χ2n) is 7.09. The highest BCUT2D eigenvalue weighted by molar-refractivity contribution is 6.33. The van der Waals surface area contributed by atoms with Gasteiger partial charge in [-0.2, -0.15) is 0 Å². The number of halogens is 2. The Morgan fingerprint density at radius 2 is 1.65 bits per heavy atom. The summed E-state index contributed by atoms with van der Waals surface area (Å²) in [7, 11) is 0. The molecule has 4 rings (SSSR count). The minimum absolute atomic E-state index is 0.0714. The van der Waals surface area contributed by atoms with Gasteiger partial charge in [0.2, 0.25) is 0 Å². The molecule has 0 aliphatic carbocycles. The fourth-order valence-corrected chi connectivity index (χ4v) is 3.65. The number of para-hydroxylation sites is 1. The molecule has 0 unspecified atom stereocenters. The number of piperazine rings is 1. The molecule has 1 saturated heterocycles. The van der Waals surface area contributed by atoms with Gasteiger partial charge in [0, 0.05) is 31.7 Å². The molecular weight excluding hydrogens is 423 g/mol. The van der Waals surface area contributed by atoms with Crippen molar-refractivity contribution in [3.63, 3.8) is 0 Å². The van der Waals surface area contributed by atoms with Crippen molar-refractivity contribution in [1.29, 1.82) is 0 Å². The Hall–Kier alpha value is -3.32. The number of hydrogen-bond acceptors (Lipinski definition) is 4. The van der Waals surface area contributed by atoms with Gasteiger partial charge in [0.25, 0.3) is 11.8 Å². The van der Waals surface area contributed by atoms with Crippen molar-refractivity contribution in [2.45, 2.75) is 6.61 Å². The van der Waals surface area contributed by atoms with Gasteiger partial charge < -0.3 is 19.0 Å². The van der Waals surface area contributed by atoms with Gasteiger partial charge in [0.15, 0.2) is 5.76 Å². The maximum absolute atomic E-state index is 13.2. The monoisotopic (exact) mass is 442 g/mol. The lowest BCUT2D eigenvalue weighted by molar-refractivity contribution is 0.0516. The minimum Gasteiger partial charge on any atom is -0.489 e. The van der Waals surface area contributed by atoms with Crippen LogP contribution in [0.1, 0.15) is 26.5 Å². The number of carbonyl (C=O) groups excluding carboxylic acids is 2. The summed E-state index contributed by atoms with van der Waals surface area (Å²) in [6, 6.07) is 14.7. The van der Waals surface area contributed by atoms with E-state index in [9.17, 15) is 14.0 Å². The molecule has 2 aromatic carbocycles. The lowest BCUT2D eigenvalue weighted by atomic mass is 10.1. The molecule has 2 heterocycles. The van der Waals surface area contributed by atoms with Gasteiger partial charge in [-0.25, -0.2) is 4.39 Å². The van der Waals surface area contributed by atoms with E-state index in [1.165, 1.54) is 18.4 Å². The number of hydrogen-bond donors (Lipinski definition) is 0. The number of amides is 2. The molecule has 0 radical (unpaired) electrons. The van der Waals surface area contributed by atoms with Crippen molar-refractivity contribution in [3.05, 3.63) is 88.6 Å². The van der Waals surface area contributed by atoms with E-state index in [1.807, 2.05) is 30.3 Å². The standard InChI is InChI=1S/C23H20ClFN2O4/c24-20-14-17(25)6-7-19(20)22(28)26-9-11-27(12-10-26)23(29)21-16(8-13-30-21)15-31-18-4-2-1-3-5-18/h1-8,13-14H,9-12,15H2. The highest BCUT2D eigenvalue weighted by atomic mass is 35.5. The maximum Gasteiger partial charge on any atom is 0.290 e. The second-order valence-corrected chi connectivity index (χ2v) is 7.49. The summed E-state index contributed by atoms with van der Waals surface area (Å²) in [6.45, 7) is 1.60. The molecule has 31 heavy (non-hydrogen) atoms. The van der Waals surface area contributed by atoms with Crippen LogP contribution in [0.3, 0.4) is 0 Å². The zero-order valence-corrected chi connectivity index (χ0v) is 17.3. The number of benzene rings is 2. The predicted octanol–water partition coefficient (Wildman–Crippen LogP) is 4.25. The quantitative estimate of drug-likeness (QED) is 0.592. The number of furan rings is 1. The number of rotatable bonds is 5. The van der Waals surface area contributed by atoms with Crippen molar-refractivity contribution in [2.24, 2.45) is 0 Å². The molecule has 3 aromatic rings. The lowest BCUT2D eigenvalue weighted by Gasteiger charge is -2.34. The van der Waals surface area contributed by atoms with Gasteiger partial charge in [0.1, 0.15) is 18.2 Å². The summed E-state index contributed by atoms with van der Waals surface area (Å²) in [5.41, 5.74) is 0.902. The Labute approximate surface area is 183 Å². The zero-order valence-electron chi connectivity index (χ0n) is 16.6. The first-order chi connectivity index (χ1) is 15.0. The van der Waals surface area contributed by atoms with E-state index in [1.54, 1.807) is 15.9 Å². The Morgan fingerprint density at radius 1 is 0.968 bits per heavy atom. The van der Waals surface area contributed by atoms with Crippen LogP contribution in [0.5, 0.6) is 5.75 Å². The van der Waals surface area contributed by atoms with Crippen molar-refractivity contribution >= 4 is 23.4 Å². The van der Waals surface area contributed by atoms with Crippen LogP contribution in [0.4, 0.5) is 4.39 Å². The second kappa shape index (κ2) is 9.22. The van der Waals surface area contributed by atoms with Crippen LogP contribution in [0, 0.1) is 5.82 Å². The normalized spacial score (nSPS) is 13.9. The number of carbonyl (C=O) groups is 2. The molecule has 160 valence electrons. The van der Waals surface area contributed by atoms with Crippen molar-refractivity contribution in [1.82, 2.24) is 9.80 Å². The van der Waals surface area contributed by atoms with E-state index in [4.69, 9.17) is 20.8 Å². The Bertz CT molecular complexity index is 1080. The molecule has 1 aliphatic rings. The summed E-state index contributed by atoms with van der Waals surface area (Å²) >= 11 is 6.01. The molecule has 0 spiro atoms. The van der Waals surface area contributed by atoms with Crippen LogP contribution in [-0.4, -0.2) is 47.8 Å². The van der Waals surface area contributed by atoms with Crippen LogP contribution in [0.25, 0.3) is 0 Å². The summed E-state index contributed by atoms with van der Waals surface area (Å²) in [6.07, 6.45) is 1.47. The van der Waals surface area contributed by atoms with Gasteiger partial charge >= 0.3 is 0 Å². The van der Waals surface area contributed by atoms with Gasteiger partial charge in [-0.05, 0) is 36.4 Å². The zero-order chi connectivity index (χ0) is 21.8. The SMILES string of the molecule is O=C(c1ccc(F)cc1Cl)N1CCN(C(=O)c2occc2COc2ccccc2)CC1. The predicted molar refractivity (Wildman–Crippen MR) is 113 cm³/mol. The molecule has 1 aliphatic heterocycles. The first-order valence-corrected chi connectivity index (χ1v) is 10.2. The molecule has 8 heteroatoms.